The molecular weight excluding hydrogens is 596 g/mol. The first-order valence-electron chi connectivity index (χ1n) is 14.8. The van der Waals surface area contributed by atoms with Gasteiger partial charge in [0.1, 0.15) is 24.2 Å². The van der Waals surface area contributed by atoms with Crippen molar-refractivity contribution in [2.45, 2.75) is 50.6 Å². The van der Waals surface area contributed by atoms with E-state index in [1.807, 2.05) is 44.2 Å². The summed E-state index contributed by atoms with van der Waals surface area (Å²) in [5.74, 6) is -2.08. The molecular formula is C35H37F2N3O4S. The Bertz CT molecular complexity index is 1670. The highest BCUT2D eigenvalue weighted by Gasteiger charge is 2.34. The molecule has 1 atom stereocenters. The minimum absolute atomic E-state index is 0.0477. The number of nitrogens with one attached hydrogen (secondary N) is 1. The van der Waals surface area contributed by atoms with Crippen LogP contribution < -0.4 is 9.62 Å². The predicted octanol–water partition coefficient (Wildman–Crippen LogP) is 6.02. The van der Waals surface area contributed by atoms with Crippen LogP contribution in [0.1, 0.15) is 36.5 Å². The highest BCUT2D eigenvalue weighted by molar-refractivity contribution is 7.92. The second-order valence-electron chi connectivity index (χ2n) is 10.8. The third kappa shape index (κ3) is 8.98. The van der Waals surface area contributed by atoms with Gasteiger partial charge >= 0.3 is 0 Å². The fourth-order valence-electron chi connectivity index (χ4n) is 4.82. The Balaban J connectivity index is 1.78. The SMILES string of the molecule is CCCCNC(=O)[C@@H](Cc1ccccc1)N(Cc1ccc(F)cc1)C(=O)CN(c1ccc(F)cc1)S(=O)(=O)c1ccc(C)cc1. The summed E-state index contributed by atoms with van der Waals surface area (Å²) in [4.78, 5) is 29.4. The van der Waals surface area contributed by atoms with Crippen LogP contribution in [0.4, 0.5) is 14.5 Å². The molecule has 45 heavy (non-hydrogen) atoms. The van der Waals surface area contributed by atoms with Crippen molar-refractivity contribution >= 4 is 27.5 Å². The van der Waals surface area contributed by atoms with Crippen molar-refractivity contribution in [1.29, 1.82) is 0 Å². The summed E-state index contributed by atoms with van der Waals surface area (Å²) in [5.41, 5.74) is 2.28. The highest BCUT2D eigenvalue weighted by atomic mass is 32.2. The summed E-state index contributed by atoms with van der Waals surface area (Å²) in [6.07, 6.45) is 1.75. The van der Waals surface area contributed by atoms with E-state index in [2.05, 4.69) is 5.32 Å². The summed E-state index contributed by atoms with van der Waals surface area (Å²) in [6, 6.07) is 24.7. The Hall–Kier alpha value is -4.57. The molecule has 0 bridgehead atoms. The lowest BCUT2D eigenvalue weighted by Gasteiger charge is -2.34. The van der Waals surface area contributed by atoms with Gasteiger partial charge in [0.25, 0.3) is 10.0 Å². The fourth-order valence-corrected chi connectivity index (χ4v) is 6.23. The number of nitrogens with zero attached hydrogens (tertiary/aromatic N) is 2. The van der Waals surface area contributed by atoms with Crippen LogP contribution >= 0.6 is 0 Å². The highest BCUT2D eigenvalue weighted by Crippen LogP contribution is 2.26. The number of rotatable bonds is 14. The van der Waals surface area contributed by atoms with Gasteiger partial charge in [0.15, 0.2) is 0 Å². The van der Waals surface area contributed by atoms with Gasteiger partial charge in [0.2, 0.25) is 11.8 Å². The Morgan fingerprint density at radius 1 is 0.800 bits per heavy atom. The van der Waals surface area contributed by atoms with E-state index in [9.17, 15) is 26.8 Å². The van der Waals surface area contributed by atoms with Gasteiger partial charge in [-0.05, 0) is 73.0 Å². The van der Waals surface area contributed by atoms with Crippen molar-refractivity contribution in [2.24, 2.45) is 0 Å². The van der Waals surface area contributed by atoms with Crippen LogP contribution in [-0.2, 0) is 32.6 Å². The molecule has 0 aromatic heterocycles. The third-order valence-corrected chi connectivity index (χ3v) is 9.16. The Labute approximate surface area is 263 Å². The Morgan fingerprint density at radius 2 is 1.40 bits per heavy atom. The summed E-state index contributed by atoms with van der Waals surface area (Å²) in [7, 11) is -4.30. The Morgan fingerprint density at radius 3 is 2.00 bits per heavy atom. The summed E-state index contributed by atoms with van der Waals surface area (Å²) in [5, 5.41) is 2.92. The lowest BCUT2D eigenvalue weighted by molar-refractivity contribution is -0.140. The molecule has 0 aliphatic carbocycles. The molecule has 0 radical (unpaired) electrons. The molecule has 0 aliphatic rings. The molecule has 10 heteroatoms. The summed E-state index contributed by atoms with van der Waals surface area (Å²) in [6.45, 7) is 3.47. The average molecular weight is 634 g/mol. The van der Waals surface area contributed by atoms with Gasteiger partial charge in [-0.25, -0.2) is 17.2 Å². The van der Waals surface area contributed by atoms with Crippen molar-refractivity contribution in [3.05, 3.63) is 131 Å². The van der Waals surface area contributed by atoms with Crippen molar-refractivity contribution in [2.75, 3.05) is 17.4 Å². The maximum Gasteiger partial charge on any atom is 0.264 e. The van der Waals surface area contributed by atoms with E-state index in [1.165, 1.54) is 53.4 Å². The largest absolute Gasteiger partial charge is 0.354 e. The lowest BCUT2D eigenvalue weighted by Crippen LogP contribution is -2.53. The number of amides is 2. The molecule has 2 amide bonds. The fraction of sp³-hybridized carbons (Fsp3) is 0.257. The van der Waals surface area contributed by atoms with E-state index in [0.717, 1.165) is 40.4 Å². The second-order valence-corrected chi connectivity index (χ2v) is 12.7. The molecule has 0 unspecified atom stereocenters. The minimum atomic E-state index is -4.30. The van der Waals surface area contributed by atoms with Crippen LogP contribution in [0.3, 0.4) is 0 Å². The van der Waals surface area contributed by atoms with Crippen molar-refractivity contribution in [3.63, 3.8) is 0 Å². The summed E-state index contributed by atoms with van der Waals surface area (Å²) >= 11 is 0. The zero-order valence-corrected chi connectivity index (χ0v) is 26.1. The van der Waals surface area contributed by atoms with Crippen LogP contribution in [0, 0.1) is 18.6 Å². The Kier molecular flexibility index (Phi) is 11.4. The monoisotopic (exact) mass is 633 g/mol. The first-order valence-corrected chi connectivity index (χ1v) is 16.2. The smallest absolute Gasteiger partial charge is 0.264 e. The van der Waals surface area contributed by atoms with Gasteiger partial charge in [-0.1, -0.05) is 73.5 Å². The van der Waals surface area contributed by atoms with E-state index >= 15 is 0 Å². The molecule has 236 valence electrons. The standard InChI is InChI=1S/C35H37F2N3O4S/c1-3-4-22-38-35(42)33(23-27-8-6-5-7-9-27)39(24-28-12-14-29(36)15-13-28)34(41)25-40(31-18-16-30(37)17-19-31)45(43,44)32-20-10-26(2)11-21-32/h5-21,33H,3-4,22-25H2,1-2H3,(H,38,42)/t33-/m1/s1. The molecule has 7 nitrogen and oxygen atoms in total. The van der Waals surface area contributed by atoms with Gasteiger partial charge < -0.3 is 10.2 Å². The maximum absolute atomic E-state index is 14.4. The molecule has 1 N–H and O–H groups in total. The third-order valence-electron chi connectivity index (χ3n) is 7.37. The van der Waals surface area contributed by atoms with E-state index in [4.69, 9.17) is 0 Å². The number of anilines is 1. The van der Waals surface area contributed by atoms with Crippen molar-refractivity contribution in [3.8, 4) is 0 Å². The number of hydrogen-bond donors (Lipinski definition) is 1. The number of halogens is 2. The van der Waals surface area contributed by atoms with Gasteiger partial charge in [-0.15, -0.1) is 0 Å². The summed E-state index contributed by atoms with van der Waals surface area (Å²) < 4.78 is 56.6. The molecule has 4 aromatic carbocycles. The van der Waals surface area contributed by atoms with Crippen LogP contribution in [0.5, 0.6) is 0 Å². The van der Waals surface area contributed by atoms with Gasteiger partial charge in [-0.2, -0.15) is 0 Å². The minimum Gasteiger partial charge on any atom is -0.354 e. The first kappa shape index (κ1) is 33.3. The van der Waals surface area contributed by atoms with E-state index in [0.29, 0.717) is 12.1 Å². The number of unbranched alkanes of at least 4 members (excludes halogenated alkanes) is 1. The molecule has 0 heterocycles. The molecule has 4 rings (SSSR count). The average Bonchev–Trinajstić information content (AvgIpc) is 3.03. The number of benzene rings is 4. The molecule has 0 saturated carbocycles. The van der Waals surface area contributed by atoms with Crippen LogP contribution in [0.25, 0.3) is 0 Å². The topological polar surface area (TPSA) is 86.8 Å². The zero-order valence-electron chi connectivity index (χ0n) is 25.3. The van der Waals surface area contributed by atoms with E-state index in [-0.39, 0.29) is 23.5 Å². The second kappa shape index (κ2) is 15.4. The molecule has 0 aliphatic heterocycles. The lowest BCUT2D eigenvalue weighted by atomic mass is 10.0. The van der Waals surface area contributed by atoms with Gasteiger partial charge in [0.05, 0.1) is 10.6 Å². The molecule has 0 fully saturated rings. The number of carbonyl (C=O) groups is 2. The molecule has 0 spiro atoms. The predicted molar refractivity (Wildman–Crippen MR) is 171 cm³/mol. The number of hydrogen-bond acceptors (Lipinski definition) is 4. The number of aryl methyl sites for hydroxylation is 1. The zero-order chi connectivity index (χ0) is 32.4. The first-order chi connectivity index (χ1) is 21.6. The van der Waals surface area contributed by atoms with Gasteiger partial charge in [-0.3, -0.25) is 13.9 Å². The van der Waals surface area contributed by atoms with Crippen LogP contribution in [-0.4, -0.2) is 44.3 Å². The van der Waals surface area contributed by atoms with E-state index < -0.39 is 46.1 Å². The molecule has 4 aromatic rings. The maximum atomic E-state index is 14.4. The van der Waals surface area contributed by atoms with Crippen molar-refractivity contribution in [1.82, 2.24) is 10.2 Å². The van der Waals surface area contributed by atoms with Crippen LogP contribution in [0.2, 0.25) is 0 Å². The number of sulfonamides is 1. The van der Waals surface area contributed by atoms with Crippen molar-refractivity contribution < 1.29 is 26.8 Å². The van der Waals surface area contributed by atoms with Crippen LogP contribution in [0.15, 0.2) is 108 Å². The quantitative estimate of drug-likeness (QED) is 0.172. The van der Waals surface area contributed by atoms with E-state index in [1.54, 1.807) is 12.1 Å². The number of carbonyl (C=O) groups excluding carboxylic acids is 2. The van der Waals surface area contributed by atoms with Gasteiger partial charge in [0, 0.05) is 19.5 Å². The normalized spacial score (nSPS) is 11.9. The molecule has 0 saturated heterocycles.